The van der Waals surface area contributed by atoms with Crippen LogP contribution in [0.5, 0.6) is 0 Å². The Bertz CT molecular complexity index is 970. The molecule has 1 aromatic heterocycles. The van der Waals surface area contributed by atoms with E-state index in [9.17, 15) is 27.6 Å². The van der Waals surface area contributed by atoms with Crippen molar-refractivity contribution in [2.24, 2.45) is 0 Å². The van der Waals surface area contributed by atoms with Gasteiger partial charge in [0.2, 0.25) is 0 Å². The first-order chi connectivity index (χ1) is 16.1. The zero-order chi connectivity index (χ0) is 24.5. The molecule has 0 amide bonds. The van der Waals surface area contributed by atoms with Gasteiger partial charge >= 0.3 is 13.3 Å². The minimum atomic E-state index is -4.37. The number of nitrogens with one attached hydrogen (secondary N) is 1. The molecular formula is C23H29BF4N4O2. The highest BCUT2D eigenvalue weighted by Crippen LogP contribution is 2.38. The number of fused-ring (bicyclic) bond motifs is 1. The van der Waals surface area contributed by atoms with Crippen LogP contribution in [0.15, 0.2) is 36.5 Å². The van der Waals surface area contributed by atoms with E-state index in [0.29, 0.717) is 29.6 Å². The molecule has 0 spiro atoms. The molecule has 1 saturated heterocycles. The van der Waals surface area contributed by atoms with Crippen LogP contribution in [-0.4, -0.2) is 83.1 Å². The molecule has 184 valence electrons. The van der Waals surface area contributed by atoms with Gasteiger partial charge in [0.1, 0.15) is 0 Å². The summed E-state index contributed by atoms with van der Waals surface area (Å²) in [5, 5.41) is 22.4. The lowest BCUT2D eigenvalue weighted by Crippen LogP contribution is -2.54. The molecule has 2 aromatic rings. The second-order valence-corrected chi connectivity index (χ2v) is 9.19. The molecule has 6 nitrogen and oxygen atoms in total. The van der Waals surface area contributed by atoms with E-state index in [-0.39, 0.29) is 12.7 Å². The molecule has 34 heavy (non-hydrogen) atoms. The number of alkyl halides is 4. The monoisotopic (exact) mass is 480 g/mol. The molecule has 0 unspecified atom stereocenters. The number of rotatable bonds is 8. The third-order valence-corrected chi connectivity index (χ3v) is 6.54. The third-order valence-electron chi connectivity index (χ3n) is 6.54. The lowest BCUT2D eigenvalue weighted by molar-refractivity contribution is -0.155. The smallest absolute Gasteiger partial charge is 0.423 e. The van der Waals surface area contributed by atoms with Crippen LogP contribution in [0.2, 0.25) is 0 Å². The van der Waals surface area contributed by atoms with Crippen molar-refractivity contribution >= 4 is 18.3 Å². The van der Waals surface area contributed by atoms with E-state index in [1.807, 2.05) is 6.07 Å². The van der Waals surface area contributed by atoms with Crippen LogP contribution >= 0.6 is 0 Å². The Balaban J connectivity index is 1.56. The normalized spacial score (nSPS) is 21.7. The van der Waals surface area contributed by atoms with Crippen LogP contribution in [0.4, 0.5) is 23.2 Å². The number of halogens is 4. The van der Waals surface area contributed by atoms with Crippen molar-refractivity contribution in [1.29, 1.82) is 0 Å². The van der Waals surface area contributed by atoms with Crippen molar-refractivity contribution in [3.8, 4) is 0 Å². The molecular weight excluding hydrogens is 451 g/mol. The lowest BCUT2D eigenvalue weighted by atomic mass is 9.76. The third kappa shape index (κ3) is 5.71. The molecule has 2 aliphatic heterocycles. The van der Waals surface area contributed by atoms with E-state index >= 15 is 0 Å². The summed E-state index contributed by atoms with van der Waals surface area (Å²) >= 11 is 0. The molecule has 3 N–H and O–H groups in total. The van der Waals surface area contributed by atoms with Crippen LogP contribution in [0, 0.1) is 0 Å². The average molecular weight is 480 g/mol. The minimum absolute atomic E-state index is 0.229. The number of likely N-dealkylation sites (tertiary alicyclic amines) is 1. The maximum absolute atomic E-state index is 13.4. The topological polar surface area (TPSA) is 71.9 Å². The maximum Gasteiger partial charge on any atom is 0.488 e. The molecule has 1 aromatic carbocycles. The van der Waals surface area contributed by atoms with Gasteiger partial charge < -0.3 is 15.4 Å². The number of nitrogens with zero attached hydrogens (tertiary/aromatic N) is 3. The van der Waals surface area contributed by atoms with Crippen LogP contribution in [0.25, 0.3) is 0 Å². The second-order valence-electron chi connectivity index (χ2n) is 9.19. The molecule has 1 fully saturated rings. The standard InChI is InChI=1S/C23H29BF4N4O2/c1-15-9-16-10-17(24(33)34)3-5-20(16)22(32(15)14-23(26,27)28)21-6-4-18(11-29-21)30-19-12-31(13-19)8-2-7-25/h3-6,10-11,15,19,22,30,33-34H,2,7-9,12-14H2,1H3/t15-,22+/m1/s1. The lowest BCUT2D eigenvalue weighted by Gasteiger charge is -2.42. The summed E-state index contributed by atoms with van der Waals surface area (Å²) in [6, 6.07) is 7.50. The Morgan fingerprint density at radius 1 is 1.18 bits per heavy atom. The minimum Gasteiger partial charge on any atom is -0.423 e. The predicted molar refractivity (Wildman–Crippen MR) is 123 cm³/mol. The summed E-state index contributed by atoms with van der Waals surface area (Å²) in [7, 11) is -1.64. The van der Waals surface area contributed by atoms with Gasteiger partial charge in [-0.25, -0.2) is 0 Å². The zero-order valence-corrected chi connectivity index (χ0v) is 19.0. The first kappa shape index (κ1) is 24.9. The Labute approximate surface area is 196 Å². The van der Waals surface area contributed by atoms with Crippen molar-refractivity contribution in [2.75, 3.05) is 38.2 Å². The quantitative estimate of drug-likeness (QED) is 0.398. The van der Waals surface area contributed by atoms with Crippen molar-refractivity contribution < 1.29 is 27.6 Å². The fraction of sp³-hybridized carbons (Fsp3) is 0.522. The van der Waals surface area contributed by atoms with Crippen molar-refractivity contribution in [3.05, 3.63) is 53.3 Å². The number of pyridine rings is 1. The van der Waals surface area contributed by atoms with Gasteiger partial charge in [-0.15, -0.1) is 0 Å². The molecule has 2 aliphatic rings. The van der Waals surface area contributed by atoms with Gasteiger partial charge in [-0.05, 0) is 48.5 Å². The Morgan fingerprint density at radius 3 is 2.56 bits per heavy atom. The fourth-order valence-corrected chi connectivity index (χ4v) is 4.90. The Kier molecular flexibility index (Phi) is 7.46. The van der Waals surface area contributed by atoms with Crippen LogP contribution in [-0.2, 0) is 6.42 Å². The van der Waals surface area contributed by atoms with Gasteiger partial charge in [-0.2, -0.15) is 13.2 Å². The first-order valence-electron chi connectivity index (χ1n) is 11.5. The predicted octanol–water partition coefficient (Wildman–Crippen LogP) is 2.12. The number of hydrogen-bond acceptors (Lipinski definition) is 6. The van der Waals surface area contributed by atoms with Crippen molar-refractivity contribution in [2.45, 2.75) is 44.1 Å². The van der Waals surface area contributed by atoms with E-state index in [4.69, 9.17) is 0 Å². The van der Waals surface area contributed by atoms with E-state index in [0.717, 1.165) is 30.9 Å². The maximum atomic E-state index is 13.4. The number of aromatic nitrogens is 1. The number of benzene rings is 1. The molecule has 0 radical (unpaired) electrons. The van der Waals surface area contributed by atoms with Gasteiger partial charge in [-0.1, -0.05) is 18.2 Å². The summed E-state index contributed by atoms with van der Waals surface area (Å²) in [6.45, 7) is 2.71. The van der Waals surface area contributed by atoms with E-state index < -0.39 is 31.9 Å². The van der Waals surface area contributed by atoms with Gasteiger partial charge in [0.15, 0.2) is 0 Å². The molecule has 2 atom stereocenters. The fourth-order valence-electron chi connectivity index (χ4n) is 4.90. The number of anilines is 1. The SMILES string of the molecule is C[C@@H]1Cc2cc(B(O)O)ccc2[C@@H](c2ccc(NC3CN(CCCF)C3)cn2)N1CC(F)(F)F. The van der Waals surface area contributed by atoms with E-state index in [2.05, 4.69) is 15.2 Å². The van der Waals surface area contributed by atoms with E-state index in [1.165, 1.54) is 11.0 Å². The highest BCUT2D eigenvalue weighted by molar-refractivity contribution is 6.58. The van der Waals surface area contributed by atoms with Gasteiger partial charge in [0.05, 0.1) is 42.9 Å². The first-order valence-corrected chi connectivity index (χ1v) is 11.5. The molecule has 3 heterocycles. The largest absolute Gasteiger partial charge is 0.488 e. The average Bonchev–Trinajstić information content (AvgIpc) is 2.75. The molecule has 0 aliphatic carbocycles. The summed E-state index contributed by atoms with van der Waals surface area (Å²) in [5.74, 6) is 0. The van der Waals surface area contributed by atoms with Crippen LogP contribution in [0.3, 0.4) is 0 Å². The number of hydrogen-bond donors (Lipinski definition) is 3. The highest BCUT2D eigenvalue weighted by atomic mass is 19.4. The Hall–Kier alpha value is -2.21. The summed E-state index contributed by atoms with van der Waals surface area (Å²) < 4.78 is 52.6. The summed E-state index contributed by atoms with van der Waals surface area (Å²) in [6.07, 6.45) is -1.85. The van der Waals surface area contributed by atoms with E-state index in [1.54, 1.807) is 31.3 Å². The van der Waals surface area contributed by atoms with Gasteiger partial charge in [0.25, 0.3) is 0 Å². The Morgan fingerprint density at radius 2 is 1.94 bits per heavy atom. The van der Waals surface area contributed by atoms with Crippen molar-refractivity contribution in [1.82, 2.24) is 14.8 Å². The van der Waals surface area contributed by atoms with Gasteiger partial charge in [0, 0.05) is 25.7 Å². The zero-order valence-electron chi connectivity index (χ0n) is 19.0. The van der Waals surface area contributed by atoms with Crippen LogP contribution < -0.4 is 10.8 Å². The molecule has 0 saturated carbocycles. The second kappa shape index (κ2) is 10.2. The van der Waals surface area contributed by atoms with Gasteiger partial charge in [-0.3, -0.25) is 19.2 Å². The molecule has 4 rings (SSSR count). The summed E-state index contributed by atoms with van der Waals surface area (Å²) in [5.41, 5.74) is 3.06. The highest BCUT2D eigenvalue weighted by Gasteiger charge is 2.41. The van der Waals surface area contributed by atoms with Crippen LogP contribution in [0.1, 0.15) is 36.2 Å². The summed E-state index contributed by atoms with van der Waals surface area (Å²) in [4.78, 5) is 8.08. The molecule has 0 bridgehead atoms. The van der Waals surface area contributed by atoms with Crippen molar-refractivity contribution in [3.63, 3.8) is 0 Å². The molecule has 11 heteroatoms.